The number of halogens is 3. The minimum Gasteiger partial charge on any atom is -0.293 e. The van der Waals surface area contributed by atoms with Crippen LogP contribution in [0.15, 0.2) is 67.0 Å². The smallest absolute Gasteiger partial charge is 0.293 e. The van der Waals surface area contributed by atoms with Crippen molar-refractivity contribution in [3.8, 4) is 34.1 Å². The molecule has 0 saturated heterocycles. The fourth-order valence-corrected chi connectivity index (χ4v) is 5.02. The molecule has 1 N–H and O–H groups in total. The zero-order valence-corrected chi connectivity index (χ0v) is 23.0. The third kappa shape index (κ3) is 5.86. The summed E-state index contributed by atoms with van der Waals surface area (Å²) < 4.78 is 66.8. The summed E-state index contributed by atoms with van der Waals surface area (Å²) in [6.45, 7) is 1.74. The first-order chi connectivity index (χ1) is 19.8. The van der Waals surface area contributed by atoms with Crippen LogP contribution in [0.1, 0.15) is 23.1 Å². The number of amides is 1. The molecule has 10 nitrogen and oxygen atoms in total. The summed E-state index contributed by atoms with van der Waals surface area (Å²) in [5.41, 5.74) is 2.73. The fourth-order valence-electron chi connectivity index (χ4n) is 4.47. The van der Waals surface area contributed by atoms with Crippen molar-refractivity contribution in [3.63, 3.8) is 0 Å². The van der Waals surface area contributed by atoms with Crippen molar-refractivity contribution in [1.82, 2.24) is 24.4 Å². The molecule has 42 heavy (non-hydrogen) atoms. The van der Waals surface area contributed by atoms with Crippen LogP contribution in [0.2, 0.25) is 0 Å². The van der Waals surface area contributed by atoms with E-state index >= 15 is 0 Å². The molecule has 0 atom stereocenters. The average Bonchev–Trinajstić information content (AvgIpc) is 3.58. The van der Waals surface area contributed by atoms with E-state index in [9.17, 15) is 26.4 Å². The van der Waals surface area contributed by atoms with Crippen LogP contribution in [-0.2, 0) is 20.8 Å². The Hall–Kier alpha value is -5.03. The third-order valence-electron chi connectivity index (χ3n) is 6.47. The van der Waals surface area contributed by atoms with E-state index in [1.807, 2.05) is 0 Å². The number of pyridine rings is 1. The summed E-state index contributed by atoms with van der Waals surface area (Å²) in [7, 11) is -3.39. The predicted molar refractivity (Wildman–Crippen MR) is 148 cm³/mol. The number of alkyl halides is 3. The molecule has 0 unspecified atom stereocenters. The summed E-state index contributed by atoms with van der Waals surface area (Å²) in [6, 6.07) is 15.3. The molecule has 0 radical (unpaired) electrons. The molecule has 3 heterocycles. The lowest BCUT2D eigenvalue weighted by Gasteiger charge is -2.16. The Morgan fingerprint density at radius 1 is 1.12 bits per heavy atom. The Kier molecular flexibility index (Phi) is 7.29. The van der Waals surface area contributed by atoms with Gasteiger partial charge in [-0.15, -0.1) is 5.10 Å². The van der Waals surface area contributed by atoms with Crippen LogP contribution in [0, 0.1) is 18.3 Å². The molecule has 0 bridgehead atoms. The number of hydrogen-bond acceptors (Lipinski definition) is 7. The Balaban J connectivity index is 1.68. The number of nitrogens with zero attached hydrogens (tertiary/aromatic N) is 6. The summed E-state index contributed by atoms with van der Waals surface area (Å²) in [6.07, 6.45) is -0.701. The number of carbonyl (C=O) groups is 1. The van der Waals surface area contributed by atoms with E-state index in [-0.39, 0.29) is 29.3 Å². The SMILES string of the molecule is Cc1c(-c2ccnn2-c2ccc(C#N)cc2)cn2nc(NC(=O)CCS(C)(=O)=O)nc2c1-c1cccc(C(F)(F)F)c1. The Morgan fingerprint density at radius 3 is 2.52 bits per heavy atom. The highest BCUT2D eigenvalue weighted by molar-refractivity contribution is 7.90. The van der Waals surface area contributed by atoms with Crippen molar-refractivity contribution in [2.75, 3.05) is 17.3 Å². The second kappa shape index (κ2) is 10.7. The number of nitriles is 1. The maximum Gasteiger partial charge on any atom is 0.416 e. The van der Waals surface area contributed by atoms with Crippen molar-refractivity contribution in [2.24, 2.45) is 0 Å². The second-order valence-electron chi connectivity index (χ2n) is 9.54. The lowest BCUT2D eigenvalue weighted by atomic mass is 9.95. The topological polar surface area (TPSA) is 135 Å². The predicted octanol–water partition coefficient (Wildman–Crippen LogP) is 4.82. The quantitative estimate of drug-likeness (QED) is 0.286. The van der Waals surface area contributed by atoms with Gasteiger partial charge < -0.3 is 0 Å². The first-order valence-electron chi connectivity index (χ1n) is 12.4. The third-order valence-corrected chi connectivity index (χ3v) is 7.42. The Morgan fingerprint density at radius 2 is 1.86 bits per heavy atom. The molecule has 5 aromatic rings. The van der Waals surface area contributed by atoms with E-state index in [1.165, 1.54) is 16.6 Å². The van der Waals surface area contributed by atoms with Crippen LogP contribution >= 0.6 is 0 Å². The van der Waals surface area contributed by atoms with Crippen LogP contribution in [0.5, 0.6) is 0 Å². The Bertz CT molecular complexity index is 1970. The molecule has 0 aliphatic heterocycles. The zero-order valence-electron chi connectivity index (χ0n) is 22.2. The van der Waals surface area contributed by atoms with E-state index in [4.69, 9.17) is 5.26 Å². The molecule has 0 fully saturated rings. The molecule has 3 aromatic heterocycles. The van der Waals surface area contributed by atoms with E-state index in [1.54, 1.807) is 54.3 Å². The average molecular weight is 594 g/mol. The summed E-state index contributed by atoms with van der Waals surface area (Å²) in [4.78, 5) is 16.8. The number of anilines is 1. The van der Waals surface area contributed by atoms with Gasteiger partial charge in [-0.05, 0) is 60.5 Å². The van der Waals surface area contributed by atoms with E-state index < -0.39 is 27.5 Å². The van der Waals surface area contributed by atoms with Gasteiger partial charge in [0.2, 0.25) is 11.9 Å². The van der Waals surface area contributed by atoms with Gasteiger partial charge in [0, 0.05) is 30.0 Å². The van der Waals surface area contributed by atoms with Crippen LogP contribution in [0.25, 0.3) is 33.7 Å². The van der Waals surface area contributed by atoms with Crippen LogP contribution in [-0.4, -0.2) is 50.7 Å². The van der Waals surface area contributed by atoms with Crippen molar-refractivity contribution in [3.05, 3.63) is 83.7 Å². The minimum atomic E-state index is -4.58. The van der Waals surface area contributed by atoms with Gasteiger partial charge in [-0.1, -0.05) is 12.1 Å². The molecular weight excluding hydrogens is 571 g/mol. The maximum absolute atomic E-state index is 13.6. The number of hydrogen-bond donors (Lipinski definition) is 1. The largest absolute Gasteiger partial charge is 0.416 e. The molecule has 0 aliphatic carbocycles. The Labute approximate surface area is 238 Å². The number of benzene rings is 2. The number of aromatic nitrogens is 5. The molecule has 2 aromatic carbocycles. The molecule has 0 aliphatic rings. The summed E-state index contributed by atoms with van der Waals surface area (Å²) in [5.74, 6) is -1.14. The maximum atomic E-state index is 13.6. The molecule has 1 amide bonds. The number of nitrogens with one attached hydrogen (secondary N) is 1. The van der Waals surface area contributed by atoms with Crippen molar-refractivity contribution < 1.29 is 26.4 Å². The molecule has 214 valence electrons. The van der Waals surface area contributed by atoms with E-state index in [2.05, 4.69) is 26.6 Å². The number of sulfone groups is 1. The fraction of sp³-hybridized carbons (Fsp3) is 0.179. The summed E-state index contributed by atoms with van der Waals surface area (Å²) in [5, 5.41) is 20.4. The second-order valence-corrected chi connectivity index (χ2v) is 11.8. The normalized spacial score (nSPS) is 11.9. The van der Waals surface area contributed by atoms with Crippen LogP contribution in [0.4, 0.5) is 19.1 Å². The van der Waals surface area contributed by atoms with E-state index in [0.717, 1.165) is 18.4 Å². The van der Waals surface area contributed by atoms with Crippen LogP contribution < -0.4 is 5.32 Å². The van der Waals surface area contributed by atoms with Gasteiger partial charge >= 0.3 is 6.18 Å². The number of rotatable bonds is 7. The molecular formula is C28H22F3N7O3S. The minimum absolute atomic E-state index is 0.140. The van der Waals surface area contributed by atoms with Gasteiger partial charge in [0.25, 0.3) is 0 Å². The highest BCUT2D eigenvalue weighted by Gasteiger charge is 2.31. The number of carbonyl (C=O) groups excluding carboxylic acids is 1. The van der Waals surface area contributed by atoms with Gasteiger partial charge in [0.1, 0.15) is 9.84 Å². The molecule has 5 rings (SSSR count). The van der Waals surface area contributed by atoms with Crippen LogP contribution in [0.3, 0.4) is 0 Å². The summed E-state index contributed by atoms with van der Waals surface area (Å²) >= 11 is 0. The van der Waals surface area contributed by atoms with Gasteiger partial charge in [-0.25, -0.2) is 17.6 Å². The lowest BCUT2D eigenvalue weighted by molar-refractivity contribution is -0.137. The highest BCUT2D eigenvalue weighted by Crippen LogP contribution is 2.38. The monoisotopic (exact) mass is 593 g/mol. The van der Waals surface area contributed by atoms with Gasteiger partial charge in [-0.2, -0.15) is 28.5 Å². The van der Waals surface area contributed by atoms with Crippen molar-refractivity contribution in [2.45, 2.75) is 19.5 Å². The lowest BCUT2D eigenvalue weighted by Crippen LogP contribution is -2.17. The van der Waals surface area contributed by atoms with Crippen molar-refractivity contribution in [1.29, 1.82) is 5.26 Å². The first-order valence-corrected chi connectivity index (χ1v) is 14.5. The van der Waals surface area contributed by atoms with Crippen molar-refractivity contribution >= 4 is 27.3 Å². The standard InChI is InChI=1S/C28H22F3N7O3S/c1-17-22(23-10-12-33-38(23)21-8-6-18(15-32)7-9-21)16-37-26(25(17)19-4-3-5-20(14-19)28(29,30)31)35-27(36-37)34-24(39)11-13-42(2,40)41/h3-10,12,14,16H,11,13H2,1-2H3,(H,34,36,39). The molecule has 0 saturated carbocycles. The zero-order chi connectivity index (χ0) is 30.2. The molecule has 0 spiro atoms. The highest BCUT2D eigenvalue weighted by atomic mass is 32.2. The van der Waals surface area contributed by atoms with Gasteiger partial charge in [0.15, 0.2) is 5.65 Å². The molecule has 14 heteroatoms. The van der Waals surface area contributed by atoms with E-state index in [0.29, 0.717) is 33.6 Å². The number of fused-ring (bicyclic) bond motifs is 1. The van der Waals surface area contributed by atoms with Gasteiger partial charge in [-0.3, -0.25) is 10.1 Å². The first kappa shape index (κ1) is 28.5. The van der Waals surface area contributed by atoms with Gasteiger partial charge in [0.05, 0.1) is 40.5 Å².